The lowest BCUT2D eigenvalue weighted by molar-refractivity contribution is -0.177. The summed E-state index contributed by atoms with van der Waals surface area (Å²) in [7, 11) is 3.20. The second kappa shape index (κ2) is 24.7. The molecule has 0 radical (unpaired) electrons. The van der Waals surface area contributed by atoms with Crippen LogP contribution in [0.3, 0.4) is 0 Å². The quantitative estimate of drug-likeness (QED) is 0.114. The average molecular weight is 505 g/mol. The standard InChI is InChI=1S/C22H40N4O9/c1-23-5-7-25(3)21(27)34-19-17-32-15-13-30-11-9-29-10-12-31-14-16-33-18-20-35-22(28)26(4)8-6-24-2/h5-8,21,27H,1-2,9-20H2,3-4H3/b7-5-,8-6-. The van der Waals surface area contributed by atoms with E-state index in [1.54, 1.807) is 20.3 Å². The summed E-state index contributed by atoms with van der Waals surface area (Å²) < 4.78 is 37.0. The summed E-state index contributed by atoms with van der Waals surface area (Å²) in [6.07, 6.45) is 4.25. The van der Waals surface area contributed by atoms with Gasteiger partial charge in [-0.25, -0.2) is 4.79 Å². The van der Waals surface area contributed by atoms with Crippen molar-refractivity contribution >= 4 is 19.5 Å². The Morgan fingerprint density at radius 2 is 1.14 bits per heavy atom. The van der Waals surface area contributed by atoms with E-state index in [1.807, 2.05) is 0 Å². The summed E-state index contributed by atoms with van der Waals surface area (Å²) >= 11 is 0. The average Bonchev–Trinajstić information content (AvgIpc) is 2.86. The highest BCUT2D eigenvalue weighted by atomic mass is 16.6. The number of amides is 1. The van der Waals surface area contributed by atoms with E-state index >= 15 is 0 Å². The molecule has 1 amide bonds. The summed E-state index contributed by atoms with van der Waals surface area (Å²) in [4.78, 5) is 21.3. The van der Waals surface area contributed by atoms with E-state index in [0.717, 1.165) is 0 Å². The molecule has 0 spiro atoms. The molecular weight excluding hydrogens is 464 g/mol. The van der Waals surface area contributed by atoms with Gasteiger partial charge in [-0.2, -0.15) is 0 Å². The van der Waals surface area contributed by atoms with Crippen LogP contribution in [0.4, 0.5) is 4.79 Å². The number of hydrogen-bond acceptors (Lipinski definition) is 12. The largest absolute Gasteiger partial charge is 0.447 e. The molecule has 0 aliphatic rings. The van der Waals surface area contributed by atoms with Gasteiger partial charge in [-0.3, -0.25) is 14.9 Å². The van der Waals surface area contributed by atoms with Gasteiger partial charge in [0.1, 0.15) is 6.61 Å². The van der Waals surface area contributed by atoms with Gasteiger partial charge in [0.25, 0.3) is 0 Å². The minimum absolute atomic E-state index is 0.146. The van der Waals surface area contributed by atoms with Gasteiger partial charge in [-0.1, -0.05) is 0 Å². The Labute approximate surface area is 207 Å². The minimum Gasteiger partial charge on any atom is -0.447 e. The predicted octanol–water partition coefficient (Wildman–Crippen LogP) is 0.706. The van der Waals surface area contributed by atoms with Crippen molar-refractivity contribution in [2.24, 2.45) is 9.98 Å². The summed E-state index contributed by atoms with van der Waals surface area (Å²) in [5.41, 5.74) is 0. The van der Waals surface area contributed by atoms with Crippen LogP contribution in [0.5, 0.6) is 0 Å². The molecule has 1 atom stereocenters. The lowest BCUT2D eigenvalue weighted by atomic mass is 10.6. The van der Waals surface area contributed by atoms with Crippen LogP contribution in [0.1, 0.15) is 0 Å². The van der Waals surface area contributed by atoms with E-state index < -0.39 is 12.5 Å². The third-order valence-electron chi connectivity index (χ3n) is 3.88. The molecule has 0 aromatic heterocycles. The maximum atomic E-state index is 11.5. The Balaban J connectivity index is 3.29. The van der Waals surface area contributed by atoms with E-state index in [4.69, 9.17) is 33.2 Å². The van der Waals surface area contributed by atoms with Gasteiger partial charge in [0, 0.05) is 38.9 Å². The van der Waals surface area contributed by atoms with Crippen LogP contribution in [-0.2, 0) is 33.2 Å². The Kier molecular flexibility index (Phi) is 23.0. The lowest BCUT2D eigenvalue weighted by Gasteiger charge is -2.21. The molecule has 13 nitrogen and oxygen atoms in total. The van der Waals surface area contributed by atoms with Gasteiger partial charge in [0.15, 0.2) is 0 Å². The highest BCUT2D eigenvalue weighted by molar-refractivity contribution is 5.68. The Bertz CT molecular complexity index is 593. The summed E-state index contributed by atoms with van der Waals surface area (Å²) in [6.45, 7) is 11.0. The van der Waals surface area contributed by atoms with E-state index in [2.05, 4.69) is 23.4 Å². The zero-order valence-corrected chi connectivity index (χ0v) is 20.8. The third-order valence-corrected chi connectivity index (χ3v) is 3.88. The SMILES string of the molecule is C=N/C=C\N(C)C(=O)OCCOCCOCCOCCOCCOCCOC(O)N(C)/C=C\N=C. The molecule has 0 fully saturated rings. The number of rotatable bonds is 24. The molecule has 202 valence electrons. The minimum atomic E-state index is -1.07. The number of aliphatic hydroxyl groups is 1. The van der Waals surface area contributed by atoms with Gasteiger partial charge in [-0.05, 0) is 13.4 Å². The van der Waals surface area contributed by atoms with Crippen LogP contribution < -0.4 is 0 Å². The van der Waals surface area contributed by atoms with Gasteiger partial charge >= 0.3 is 6.09 Å². The van der Waals surface area contributed by atoms with Crippen molar-refractivity contribution in [2.75, 3.05) is 93.4 Å². The van der Waals surface area contributed by atoms with E-state index in [0.29, 0.717) is 59.5 Å². The van der Waals surface area contributed by atoms with Gasteiger partial charge < -0.3 is 43.2 Å². The molecule has 35 heavy (non-hydrogen) atoms. The van der Waals surface area contributed by atoms with Crippen molar-refractivity contribution in [1.82, 2.24) is 9.80 Å². The monoisotopic (exact) mass is 504 g/mol. The fraction of sp³-hybridized carbons (Fsp3) is 0.682. The van der Waals surface area contributed by atoms with Crippen molar-refractivity contribution in [3.8, 4) is 0 Å². The fourth-order valence-electron chi connectivity index (χ4n) is 2.04. The molecule has 0 saturated heterocycles. The number of carbonyl (C=O) groups excluding carboxylic acids is 1. The van der Waals surface area contributed by atoms with Crippen molar-refractivity contribution in [1.29, 1.82) is 0 Å². The van der Waals surface area contributed by atoms with Gasteiger partial charge in [0.05, 0.1) is 72.7 Å². The molecule has 0 heterocycles. The second-order valence-corrected chi connectivity index (χ2v) is 6.61. The van der Waals surface area contributed by atoms with E-state index in [9.17, 15) is 9.90 Å². The molecule has 13 heteroatoms. The third kappa shape index (κ3) is 21.9. The summed E-state index contributed by atoms with van der Waals surface area (Å²) in [6, 6.07) is 0. The maximum absolute atomic E-state index is 11.5. The molecular formula is C22H40N4O9. The first-order valence-electron chi connectivity index (χ1n) is 11.1. The maximum Gasteiger partial charge on any atom is 0.413 e. The normalized spacial score (nSPS) is 12.2. The zero-order valence-electron chi connectivity index (χ0n) is 20.8. The van der Waals surface area contributed by atoms with Gasteiger partial charge in [0.2, 0.25) is 6.41 Å². The molecule has 0 aromatic rings. The molecule has 0 bridgehead atoms. The number of aliphatic hydroxyl groups excluding tert-OH is 1. The predicted molar refractivity (Wildman–Crippen MR) is 130 cm³/mol. The van der Waals surface area contributed by atoms with Crippen molar-refractivity contribution in [2.45, 2.75) is 6.41 Å². The summed E-state index contributed by atoms with van der Waals surface area (Å²) in [5.74, 6) is 0. The number of hydrogen-bond donors (Lipinski definition) is 1. The van der Waals surface area contributed by atoms with Crippen LogP contribution in [0, 0.1) is 0 Å². The first-order valence-corrected chi connectivity index (χ1v) is 11.1. The lowest BCUT2D eigenvalue weighted by Crippen LogP contribution is -2.30. The number of carbonyl (C=O) groups is 1. The van der Waals surface area contributed by atoms with Crippen LogP contribution in [0.15, 0.2) is 34.8 Å². The van der Waals surface area contributed by atoms with Crippen molar-refractivity contribution in [3.63, 3.8) is 0 Å². The molecule has 0 aliphatic carbocycles. The number of aliphatic imine (C=N–C) groups is 2. The van der Waals surface area contributed by atoms with Crippen molar-refractivity contribution in [3.05, 3.63) is 24.8 Å². The smallest absolute Gasteiger partial charge is 0.413 e. The fourth-order valence-corrected chi connectivity index (χ4v) is 2.04. The van der Waals surface area contributed by atoms with E-state index in [-0.39, 0.29) is 19.8 Å². The molecule has 1 N–H and O–H groups in total. The molecule has 0 saturated carbocycles. The van der Waals surface area contributed by atoms with Crippen LogP contribution in [0.2, 0.25) is 0 Å². The first-order chi connectivity index (χ1) is 17.0. The molecule has 0 aromatic carbocycles. The first kappa shape index (κ1) is 32.6. The highest BCUT2D eigenvalue weighted by Gasteiger charge is 2.07. The second-order valence-electron chi connectivity index (χ2n) is 6.61. The Morgan fingerprint density at radius 3 is 1.60 bits per heavy atom. The Hall–Kier alpha value is -2.39. The topological polar surface area (TPSA) is 133 Å². The molecule has 0 aliphatic heterocycles. The van der Waals surface area contributed by atoms with E-state index in [1.165, 1.54) is 28.4 Å². The van der Waals surface area contributed by atoms with Crippen LogP contribution in [0.25, 0.3) is 0 Å². The Morgan fingerprint density at radius 1 is 0.743 bits per heavy atom. The van der Waals surface area contributed by atoms with Crippen LogP contribution in [-0.4, -0.2) is 134 Å². The van der Waals surface area contributed by atoms with Crippen molar-refractivity contribution < 1.29 is 43.1 Å². The summed E-state index contributed by atoms with van der Waals surface area (Å²) in [5, 5.41) is 9.69. The van der Waals surface area contributed by atoms with Crippen LogP contribution >= 0.6 is 0 Å². The van der Waals surface area contributed by atoms with Gasteiger partial charge in [-0.15, -0.1) is 0 Å². The number of ether oxygens (including phenoxy) is 7. The molecule has 1 unspecified atom stereocenters. The molecule has 0 rings (SSSR count). The number of nitrogens with zero attached hydrogens (tertiary/aromatic N) is 4. The highest BCUT2D eigenvalue weighted by Crippen LogP contribution is 1.96. The zero-order chi connectivity index (χ0) is 26.0.